The third-order valence-electron chi connectivity index (χ3n) is 4.90. The molecule has 3 rings (SSSR count). The van der Waals surface area contributed by atoms with Gasteiger partial charge < -0.3 is 10.3 Å². The monoisotopic (exact) mass is 415 g/mol. The number of hydrogen-bond acceptors (Lipinski definition) is 6. The summed E-state index contributed by atoms with van der Waals surface area (Å²) < 4.78 is 0. The van der Waals surface area contributed by atoms with Gasteiger partial charge in [-0.15, -0.1) is 11.3 Å². The molecule has 8 nitrogen and oxygen atoms in total. The van der Waals surface area contributed by atoms with E-state index < -0.39 is 0 Å². The Morgan fingerprint density at radius 1 is 1.31 bits per heavy atom. The van der Waals surface area contributed by atoms with Crippen LogP contribution in [0.2, 0.25) is 0 Å². The maximum atomic E-state index is 12.8. The first kappa shape index (κ1) is 20.9. The van der Waals surface area contributed by atoms with E-state index in [0.717, 1.165) is 9.94 Å². The molecule has 3 heterocycles. The average Bonchev–Trinajstić information content (AvgIpc) is 3.32. The van der Waals surface area contributed by atoms with E-state index in [1.807, 2.05) is 13.0 Å². The van der Waals surface area contributed by atoms with Crippen LogP contribution in [-0.2, 0) is 4.84 Å². The number of nitrogens with one attached hydrogen (secondary N) is 2. The highest BCUT2D eigenvalue weighted by molar-refractivity contribution is 7.17. The second-order valence-electron chi connectivity index (χ2n) is 7.87. The molecule has 1 atom stereocenters. The van der Waals surface area contributed by atoms with Crippen LogP contribution in [-0.4, -0.2) is 52.0 Å². The first-order valence-corrected chi connectivity index (χ1v) is 10.0. The van der Waals surface area contributed by atoms with Gasteiger partial charge in [-0.1, -0.05) is 20.8 Å². The number of nitrogens with zero attached hydrogens (tertiary/aromatic N) is 3. The fraction of sp³-hybridized carbons (Fsp3) is 0.400. The van der Waals surface area contributed by atoms with E-state index >= 15 is 0 Å². The number of thiophene rings is 1. The number of aromatic nitrogens is 3. The van der Waals surface area contributed by atoms with E-state index in [9.17, 15) is 9.59 Å². The van der Waals surface area contributed by atoms with Gasteiger partial charge in [-0.25, -0.2) is 15.0 Å². The predicted molar refractivity (Wildman–Crippen MR) is 113 cm³/mol. The van der Waals surface area contributed by atoms with Gasteiger partial charge in [0.25, 0.3) is 11.8 Å². The average molecular weight is 416 g/mol. The van der Waals surface area contributed by atoms with Gasteiger partial charge in [0, 0.05) is 19.3 Å². The minimum absolute atomic E-state index is 0.0141. The summed E-state index contributed by atoms with van der Waals surface area (Å²) in [5.41, 5.74) is 2.01. The molecule has 0 spiro atoms. The number of rotatable bonds is 5. The van der Waals surface area contributed by atoms with Crippen molar-refractivity contribution in [3.63, 3.8) is 0 Å². The minimum atomic E-state index is -0.240. The van der Waals surface area contributed by atoms with E-state index in [-0.39, 0.29) is 23.3 Å². The van der Waals surface area contributed by atoms with Crippen molar-refractivity contribution in [1.82, 2.24) is 25.3 Å². The third-order valence-corrected chi connectivity index (χ3v) is 6.00. The molecule has 29 heavy (non-hydrogen) atoms. The van der Waals surface area contributed by atoms with Gasteiger partial charge in [0.2, 0.25) is 0 Å². The number of aromatic amines is 1. The molecule has 3 aromatic rings. The molecule has 0 fully saturated rings. The maximum Gasteiger partial charge on any atom is 0.287 e. The van der Waals surface area contributed by atoms with Gasteiger partial charge in [-0.2, -0.15) is 0 Å². The van der Waals surface area contributed by atoms with Crippen molar-refractivity contribution in [3.8, 4) is 10.6 Å². The lowest BCUT2D eigenvalue weighted by Crippen LogP contribution is -2.41. The van der Waals surface area contributed by atoms with Crippen molar-refractivity contribution in [1.29, 1.82) is 0 Å². The molecule has 0 radical (unpaired) electrons. The second-order valence-corrected chi connectivity index (χ2v) is 8.95. The third kappa shape index (κ3) is 4.30. The molecule has 0 bridgehead atoms. The minimum Gasteiger partial charge on any atom is -0.349 e. The molecule has 154 valence electrons. The molecule has 0 unspecified atom stereocenters. The Labute approximate surface area is 173 Å². The Balaban J connectivity index is 1.91. The van der Waals surface area contributed by atoms with Crippen LogP contribution >= 0.6 is 11.3 Å². The van der Waals surface area contributed by atoms with E-state index in [1.54, 1.807) is 25.5 Å². The molecule has 0 aromatic carbocycles. The predicted octanol–water partition coefficient (Wildman–Crippen LogP) is 3.48. The van der Waals surface area contributed by atoms with Crippen molar-refractivity contribution >= 4 is 34.3 Å². The van der Waals surface area contributed by atoms with Crippen molar-refractivity contribution in [3.05, 3.63) is 35.0 Å². The van der Waals surface area contributed by atoms with E-state index in [1.165, 1.54) is 18.4 Å². The topological polar surface area (TPSA) is 100 Å². The molecule has 0 saturated carbocycles. The Bertz CT molecular complexity index is 1050. The van der Waals surface area contributed by atoms with Crippen LogP contribution in [0, 0.1) is 5.41 Å². The first-order valence-electron chi connectivity index (χ1n) is 9.19. The highest BCUT2D eigenvalue weighted by Gasteiger charge is 2.24. The summed E-state index contributed by atoms with van der Waals surface area (Å²) in [7, 11) is 2.99. The Morgan fingerprint density at radius 3 is 2.69 bits per heavy atom. The number of hydroxylamine groups is 2. The van der Waals surface area contributed by atoms with Gasteiger partial charge in [0.1, 0.15) is 5.52 Å². The van der Waals surface area contributed by atoms with E-state index in [0.29, 0.717) is 27.3 Å². The summed E-state index contributed by atoms with van der Waals surface area (Å²) >= 11 is 1.29. The zero-order valence-corrected chi connectivity index (χ0v) is 18.2. The van der Waals surface area contributed by atoms with Gasteiger partial charge in [0.05, 0.1) is 34.3 Å². The molecule has 2 amide bonds. The van der Waals surface area contributed by atoms with Crippen molar-refractivity contribution in [2.24, 2.45) is 5.41 Å². The molecular formula is C20H25N5O3S. The van der Waals surface area contributed by atoms with Crippen LogP contribution in [0.25, 0.3) is 21.7 Å². The van der Waals surface area contributed by atoms with Crippen LogP contribution < -0.4 is 5.32 Å². The van der Waals surface area contributed by atoms with Crippen LogP contribution in [0.3, 0.4) is 0 Å². The molecule has 0 aliphatic rings. The van der Waals surface area contributed by atoms with E-state index in [4.69, 9.17) is 4.84 Å². The summed E-state index contributed by atoms with van der Waals surface area (Å²) in [6.07, 6.45) is 3.24. The Hall–Kier alpha value is -2.78. The quantitative estimate of drug-likeness (QED) is 0.622. The first-order chi connectivity index (χ1) is 13.6. The molecule has 9 heteroatoms. The number of carbonyl (C=O) groups excluding carboxylic acids is 2. The molecular weight excluding hydrogens is 390 g/mol. The fourth-order valence-corrected chi connectivity index (χ4v) is 3.43. The van der Waals surface area contributed by atoms with Crippen LogP contribution in [0.4, 0.5) is 0 Å². The van der Waals surface area contributed by atoms with Gasteiger partial charge in [0.15, 0.2) is 5.65 Å². The van der Waals surface area contributed by atoms with Crippen LogP contribution in [0.15, 0.2) is 24.5 Å². The van der Waals surface area contributed by atoms with Crippen molar-refractivity contribution in [2.75, 3.05) is 14.2 Å². The lowest BCUT2D eigenvalue weighted by atomic mass is 9.88. The lowest BCUT2D eigenvalue weighted by Gasteiger charge is -2.27. The SMILES string of the molecule is CON(C)C(=O)c1ccc(-c2cnc3[nH]cc(C(=O)N[C@@H](C)C(C)(C)C)c3n2)s1. The van der Waals surface area contributed by atoms with Crippen molar-refractivity contribution < 1.29 is 14.4 Å². The standard InChI is InChI=1S/C20H25N5O3S/c1-11(20(2,3)4)23-18(26)12-9-21-17-16(12)24-13(10-22-17)14-7-8-15(29-14)19(27)25(5)28-6/h7-11H,1-6H3,(H,21,22)(H,23,26)/t11-/m0/s1. The number of carbonyl (C=O) groups is 2. The second kappa shape index (κ2) is 7.92. The number of hydrogen-bond donors (Lipinski definition) is 2. The molecule has 3 aromatic heterocycles. The van der Waals surface area contributed by atoms with Crippen LogP contribution in [0.5, 0.6) is 0 Å². The molecule has 0 aliphatic carbocycles. The summed E-state index contributed by atoms with van der Waals surface area (Å²) in [5, 5.41) is 4.19. The fourth-order valence-electron chi connectivity index (χ4n) is 2.50. The Kier molecular flexibility index (Phi) is 5.72. The van der Waals surface area contributed by atoms with Gasteiger partial charge >= 0.3 is 0 Å². The number of H-pyrrole nitrogens is 1. The summed E-state index contributed by atoms with van der Waals surface area (Å²) in [4.78, 5) is 43.3. The highest BCUT2D eigenvalue weighted by atomic mass is 32.1. The molecule has 2 N–H and O–H groups in total. The molecule has 0 aliphatic heterocycles. The highest BCUT2D eigenvalue weighted by Crippen LogP contribution is 2.29. The van der Waals surface area contributed by atoms with E-state index in [2.05, 4.69) is 41.0 Å². The zero-order chi connectivity index (χ0) is 21.3. The molecule has 0 saturated heterocycles. The summed E-state index contributed by atoms with van der Waals surface area (Å²) in [6, 6.07) is 3.52. The summed E-state index contributed by atoms with van der Waals surface area (Å²) in [6.45, 7) is 8.19. The number of amides is 2. The van der Waals surface area contributed by atoms with Gasteiger partial charge in [-0.3, -0.25) is 14.4 Å². The maximum absolute atomic E-state index is 12.8. The lowest BCUT2D eigenvalue weighted by molar-refractivity contribution is -0.0753. The summed E-state index contributed by atoms with van der Waals surface area (Å²) in [5.74, 6) is -0.440. The number of fused-ring (bicyclic) bond motifs is 1. The Morgan fingerprint density at radius 2 is 2.03 bits per heavy atom. The van der Waals surface area contributed by atoms with Gasteiger partial charge in [-0.05, 0) is 24.5 Å². The largest absolute Gasteiger partial charge is 0.349 e. The van der Waals surface area contributed by atoms with Crippen molar-refractivity contribution in [2.45, 2.75) is 33.7 Å². The normalized spacial score (nSPS) is 12.8. The zero-order valence-electron chi connectivity index (χ0n) is 17.4. The van der Waals surface area contributed by atoms with Crippen LogP contribution in [0.1, 0.15) is 47.7 Å². The smallest absolute Gasteiger partial charge is 0.287 e.